The lowest BCUT2D eigenvalue weighted by atomic mass is 9.81. The summed E-state index contributed by atoms with van der Waals surface area (Å²) in [7, 11) is 0. The van der Waals surface area contributed by atoms with Crippen LogP contribution < -0.4 is 0 Å². The Balaban J connectivity index is 3.11. The SMILES string of the molecule is CC(=O)C(C)(CCl)c1ccccc1. The molecule has 0 saturated heterocycles. The molecule has 1 nitrogen and oxygen atoms in total. The maximum atomic E-state index is 11.4. The van der Waals surface area contributed by atoms with E-state index in [0.29, 0.717) is 5.88 Å². The summed E-state index contributed by atoms with van der Waals surface area (Å²) >= 11 is 5.82. The van der Waals surface area contributed by atoms with Gasteiger partial charge >= 0.3 is 0 Å². The van der Waals surface area contributed by atoms with Crippen molar-refractivity contribution in [2.24, 2.45) is 0 Å². The third-order valence-corrected chi connectivity index (χ3v) is 2.99. The van der Waals surface area contributed by atoms with E-state index >= 15 is 0 Å². The van der Waals surface area contributed by atoms with Gasteiger partial charge in [0.2, 0.25) is 0 Å². The van der Waals surface area contributed by atoms with Gasteiger partial charge in [0.15, 0.2) is 0 Å². The predicted molar refractivity (Wildman–Crippen MR) is 55.2 cm³/mol. The van der Waals surface area contributed by atoms with Crippen LogP contribution in [0.15, 0.2) is 30.3 Å². The molecule has 1 rings (SSSR count). The highest BCUT2D eigenvalue weighted by molar-refractivity contribution is 6.20. The zero-order chi connectivity index (χ0) is 9.90. The third-order valence-electron chi connectivity index (χ3n) is 2.46. The van der Waals surface area contributed by atoms with Gasteiger partial charge in [0, 0.05) is 5.88 Å². The van der Waals surface area contributed by atoms with Gasteiger partial charge in [-0.2, -0.15) is 0 Å². The van der Waals surface area contributed by atoms with E-state index < -0.39 is 5.41 Å². The van der Waals surface area contributed by atoms with Crippen LogP contribution in [0, 0.1) is 0 Å². The van der Waals surface area contributed by atoms with E-state index in [2.05, 4.69) is 0 Å². The van der Waals surface area contributed by atoms with Crippen LogP contribution in [-0.4, -0.2) is 11.7 Å². The van der Waals surface area contributed by atoms with E-state index in [1.54, 1.807) is 6.92 Å². The number of carbonyl (C=O) groups is 1. The number of alkyl halides is 1. The Labute approximate surface area is 83.7 Å². The number of rotatable bonds is 3. The Morgan fingerprint density at radius 3 is 2.31 bits per heavy atom. The molecule has 0 fully saturated rings. The fourth-order valence-corrected chi connectivity index (χ4v) is 1.52. The Morgan fingerprint density at radius 1 is 1.38 bits per heavy atom. The number of Topliss-reactive ketones (excluding diaryl/α,β-unsaturated/α-hetero) is 1. The number of halogens is 1. The number of hydrogen-bond acceptors (Lipinski definition) is 1. The molecule has 0 amide bonds. The van der Waals surface area contributed by atoms with Gasteiger partial charge < -0.3 is 0 Å². The smallest absolute Gasteiger partial charge is 0.141 e. The average Bonchev–Trinajstić information content (AvgIpc) is 2.17. The van der Waals surface area contributed by atoms with Crippen molar-refractivity contribution in [3.63, 3.8) is 0 Å². The second-order valence-corrected chi connectivity index (χ2v) is 3.66. The van der Waals surface area contributed by atoms with E-state index in [4.69, 9.17) is 11.6 Å². The summed E-state index contributed by atoms with van der Waals surface area (Å²) in [6.45, 7) is 3.45. The fraction of sp³-hybridized carbons (Fsp3) is 0.364. The quantitative estimate of drug-likeness (QED) is 0.680. The normalized spacial score (nSPS) is 15.0. The van der Waals surface area contributed by atoms with E-state index in [0.717, 1.165) is 5.56 Å². The molecule has 0 saturated carbocycles. The molecule has 0 aliphatic carbocycles. The first-order valence-corrected chi connectivity index (χ1v) is 4.77. The molecule has 0 N–H and O–H groups in total. The Morgan fingerprint density at radius 2 is 1.92 bits per heavy atom. The van der Waals surface area contributed by atoms with Crippen LogP contribution in [0.2, 0.25) is 0 Å². The van der Waals surface area contributed by atoms with Crippen molar-refractivity contribution in [1.82, 2.24) is 0 Å². The Kier molecular flexibility index (Phi) is 3.10. The minimum Gasteiger partial charge on any atom is -0.299 e. The maximum Gasteiger partial charge on any atom is 0.141 e. The van der Waals surface area contributed by atoms with Crippen LogP contribution in [0.4, 0.5) is 0 Å². The third kappa shape index (κ3) is 1.92. The highest BCUT2D eigenvalue weighted by Crippen LogP contribution is 2.25. The molecule has 1 aromatic carbocycles. The summed E-state index contributed by atoms with van der Waals surface area (Å²) in [5, 5.41) is 0. The monoisotopic (exact) mass is 196 g/mol. The van der Waals surface area contributed by atoms with E-state index in [-0.39, 0.29) is 5.78 Å². The van der Waals surface area contributed by atoms with Crippen molar-refractivity contribution < 1.29 is 4.79 Å². The lowest BCUT2D eigenvalue weighted by Gasteiger charge is -2.24. The van der Waals surface area contributed by atoms with Gasteiger partial charge in [-0.3, -0.25) is 4.79 Å². The molecule has 1 aromatic rings. The lowest BCUT2D eigenvalue weighted by molar-refractivity contribution is -0.121. The van der Waals surface area contributed by atoms with Gasteiger partial charge in [0.05, 0.1) is 5.41 Å². The molecule has 2 heteroatoms. The molecule has 1 unspecified atom stereocenters. The van der Waals surface area contributed by atoms with Crippen LogP contribution in [0.25, 0.3) is 0 Å². The first kappa shape index (κ1) is 10.3. The zero-order valence-electron chi connectivity index (χ0n) is 7.88. The Bertz CT molecular complexity index is 294. The van der Waals surface area contributed by atoms with Crippen LogP contribution in [-0.2, 0) is 10.2 Å². The molecule has 0 heterocycles. The van der Waals surface area contributed by atoms with Crippen molar-refractivity contribution >= 4 is 17.4 Å². The Hall–Kier alpha value is -0.820. The van der Waals surface area contributed by atoms with Gasteiger partial charge in [-0.15, -0.1) is 11.6 Å². The van der Waals surface area contributed by atoms with Crippen molar-refractivity contribution in [2.75, 3.05) is 5.88 Å². The number of carbonyl (C=O) groups excluding carboxylic acids is 1. The fourth-order valence-electron chi connectivity index (χ4n) is 1.18. The molecule has 0 aliphatic rings. The van der Waals surface area contributed by atoms with Crippen LogP contribution in [0.5, 0.6) is 0 Å². The molecule has 0 aromatic heterocycles. The first-order valence-electron chi connectivity index (χ1n) is 4.24. The standard InChI is InChI=1S/C11H13ClO/c1-9(13)11(2,8-12)10-6-4-3-5-7-10/h3-7H,8H2,1-2H3. The van der Waals surface area contributed by atoms with E-state index in [1.165, 1.54) is 0 Å². The summed E-state index contributed by atoms with van der Waals surface area (Å²) in [6.07, 6.45) is 0. The topological polar surface area (TPSA) is 17.1 Å². The zero-order valence-corrected chi connectivity index (χ0v) is 8.64. The highest BCUT2D eigenvalue weighted by atomic mass is 35.5. The summed E-state index contributed by atoms with van der Waals surface area (Å²) in [6, 6.07) is 9.64. The summed E-state index contributed by atoms with van der Waals surface area (Å²) < 4.78 is 0. The molecule has 0 bridgehead atoms. The minimum absolute atomic E-state index is 0.105. The lowest BCUT2D eigenvalue weighted by Crippen LogP contribution is -2.32. The highest BCUT2D eigenvalue weighted by Gasteiger charge is 2.30. The van der Waals surface area contributed by atoms with Crippen molar-refractivity contribution in [2.45, 2.75) is 19.3 Å². The number of ketones is 1. The van der Waals surface area contributed by atoms with Crippen LogP contribution in [0.3, 0.4) is 0 Å². The van der Waals surface area contributed by atoms with Crippen LogP contribution in [0.1, 0.15) is 19.4 Å². The summed E-state index contributed by atoms with van der Waals surface area (Å²) in [4.78, 5) is 11.4. The van der Waals surface area contributed by atoms with E-state index in [9.17, 15) is 4.79 Å². The van der Waals surface area contributed by atoms with Crippen LogP contribution >= 0.6 is 11.6 Å². The summed E-state index contributed by atoms with van der Waals surface area (Å²) in [5.74, 6) is 0.431. The molecule has 0 spiro atoms. The molecular formula is C11H13ClO. The van der Waals surface area contributed by atoms with Gasteiger partial charge in [-0.1, -0.05) is 30.3 Å². The van der Waals surface area contributed by atoms with Gasteiger partial charge in [-0.25, -0.2) is 0 Å². The molecule has 0 radical (unpaired) electrons. The van der Waals surface area contributed by atoms with Crippen molar-refractivity contribution in [3.05, 3.63) is 35.9 Å². The maximum absolute atomic E-state index is 11.4. The van der Waals surface area contributed by atoms with Gasteiger partial charge in [0.25, 0.3) is 0 Å². The van der Waals surface area contributed by atoms with Gasteiger partial charge in [-0.05, 0) is 19.4 Å². The molecule has 1 atom stereocenters. The number of hydrogen-bond donors (Lipinski definition) is 0. The number of benzene rings is 1. The largest absolute Gasteiger partial charge is 0.299 e. The van der Waals surface area contributed by atoms with Gasteiger partial charge in [0.1, 0.15) is 5.78 Å². The predicted octanol–water partition coefficient (Wildman–Crippen LogP) is 2.77. The second kappa shape index (κ2) is 3.93. The van der Waals surface area contributed by atoms with Crippen molar-refractivity contribution in [1.29, 1.82) is 0 Å². The van der Waals surface area contributed by atoms with Crippen molar-refractivity contribution in [3.8, 4) is 0 Å². The first-order chi connectivity index (χ1) is 6.11. The summed E-state index contributed by atoms with van der Waals surface area (Å²) in [5.41, 5.74) is 0.445. The molecular weight excluding hydrogens is 184 g/mol. The average molecular weight is 197 g/mol. The molecule has 70 valence electrons. The minimum atomic E-state index is -0.539. The second-order valence-electron chi connectivity index (χ2n) is 3.39. The van der Waals surface area contributed by atoms with E-state index in [1.807, 2.05) is 37.3 Å². The molecule has 13 heavy (non-hydrogen) atoms. The molecule has 0 aliphatic heterocycles.